The van der Waals surface area contributed by atoms with Crippen molar-refractivity contribution >= 4 is 50.0 Å². The first-order valence-electron chi connectivity index (χ1n) is 7.92. The first kappa shape index (κ1) is 15.4. The molecular formula is C19H12N4OS2. The maximum absolute atomic E-state index is 9.82. The van der Waals surface area contributed by atoms with Gasteiger partial charge in [-0.25, -0.2) is 4.98 Å². The number of allylic oxidation sites excluding steroid dienone is 1. The normalized spacial score (nSPS) is 19.3. The average Bonchev–Trinajstić information content (AvgIpc) is 3.40. The highest BCUT2D eigenvalue weighted by molar-refractivity contribution is 8.02. The molecule has 0 fully saturated rings. The summed E-state index contributed by atoms with van der Waals surface area (Å²) in [5.74, 6) is 1.72. The Kier molecular flexibility index (Phi) is 3.32. The van der Waals surface area contributed by atoms with E-state index in [4.69, 9.17) is 10.2 Å². The van der Waals surface area contributed by atoms with Crippen LogP contribution in [0, 0.1) is 11.3 Å². The summed E-state index contributed by atoms with van der Waals surface area (Å²) in [6, 6.07) is 6.39. The molecule has 0 bridgehead atoms. The molecule has 4 aromatic rings. The maximum Gasteiger partial charge on any atom is 0.177 e. The van der Waals surface area contributed by atoms with E-state index >= 15 is 0 Å². The van der Waals surface area contributed by atoms with Crippen LogP contribution in [0.3, 0.4) is 0 Å². The van der Waals surface area contributed by atoms with Crippen molar-refractivity contribution in [3.63, 3.8) is 0 Å². The van der Waals surface area contributed by atoms with Gasteiger partial charge in [0.25, 0.3) is 0 Å². The predicted molar refractivity (Wildman–Crippen MR) is 106 cm³/mol. The summed E-state index contributed by atoms with van der Waals surface area (Å²) in [6.07, 6.45) is 7.25. The van der Waals surface area contributed by atoms with Crippen LogP contribution in [0.15, 0.2) is 52.0 Å². The summed E-state index contributed by atoms with van der Waals surface area (Å²) in [4.78, 5) is 8.45. The van der Waals surface area contributed by atoms with Crippen LogP contribution in [0.5, 0.6) is 0 Å². The lowest BCUT2D eigenvalue weighted by Crippen LogP contribution is -2.22. The van der Waals surface area contributed by atoms with Crippen LogP contribution in [0.2, 0.25) is 0 Å². The molecule has 0 saturated carbocycles. The minimum absolute atomic E-state index is 0.332. The largest absolute Gasteiger partial charge is 0.452 e. The molecule has 126 valence electrons. The van der Waals surface area contributed by atoms with Gasteiger partial charge in [-0.05, 0) is 17.5 Å². The van der Waals surface area contributed by atoms with Gasteiger partial charge in [0.05, 0.1) is 10.8 Å². The fourth-order valence-corrected chi connectivity index (χ4v) is 5.21. The van der Waals surface area contributed by atoms with E-state index in [1.54, 1.807) is 35.5 Å². The molecule has 4 aromatic heterocycles. The van der Waals surface area contributed by atoms with Crippen LogP contribution in [0.1, 0.15) is 5.56 Å². The number of rotatable bonds is 2. The highest BCUT2D eigenvalue weighted by Gasteiger charge is 2.35. The second-order valence-corrected chi connectivity index (χ2v) is 7.93. The van der Waals surface area contributed by atoms with Crippen LogP contribution in [-0.2, 0) is 5.41 Å². The van der Waals surface area contributed by atoms with Gasteiger partial charge in [-0.2, -0.15) is 5.26 Å². The SMILES string of the molecule is N#CC1(c2cnc(N)c3oc(-c4csc5cnccc45)cc23)C=CSC1. The molecule has 5 heterocycles. The van der Waals surface area contributed by atoms with Crippen molar-refractivity contribution in [1.82, 2.24) is 9.97 Å². The van der Waals surface area contributed by atoms with E-state index in [0.29, 0.717) is 17.2 Å². The summed E-state index contributed by atoms with van der Waals surface area (Å²) in [5.41, 5.74) is 7.73. The van der Waals surface area contributed by atoms with Crippen LogP contribution in [0.4, 0.5) is 5.82 Å². The van der Waals surface area contributed by atoms with Crippen LogP contribution >= 0.6 is 23.1 Å². The van der Waals surface area contributed by atoms with Gasteiger partial charge >= 0.3 is 0 Å². The molecular weight excluding hydrogens is 364 g/mol. The van der Waals surface area contributed by atoms with Crippen LogP contribution in [-0.4, -0.2) is 15.7 Å². The molecule has 5 nitrogen and oxygen atoms in total. The quantitative estimate of drug-likeness (QED) is 0.545. The number of anilines is 1. The van der Waals surface area contributed by atoms with Gasteiger partial charge in [0, 0.05) is 51.6 Å². The summed E-state index contributed by atoms with van der Waals surface area (Å²) in [5, 5.41) is 15.8. The summed E-state index contributed by atoms with van der Waals surface area (Å²) >= 11 is 3.24. The third kappa shape index (κ3) is 2.09. The highest BCUT2D eigenvalue weighted by Crippen LogP contribution is 2.43. The van der Waals surface area contributed by atoms with Crippen LogP contribution < -0.4 is 5.73 Å². The molecule has 5 rings (SSSR count). The Morgan fingerprint density at radius 2 is 2.23 bits per heavy atom. The lowest BCUT2D eigenvalue weighted by atomic mass is 9.83. The maximum atomic E-state index is 9.82. The Labute approximate surface area is 157 Å². The second-order valence-electron chi connectivity index (χ2n) is 6.13. The Morgan fingerprint density at radius 1 is 1.31 bits per heavy atom. The third-order valence-electron chi connectivity index (χ3n) is 4.67. The molecule has 26 heavy (non-hydrogen) atoms. The first-order chi connectivity index (χ1) is 12.7. The number of aromatic nitrogens is 2. The lowest BCUT2D eigenvalue weighted by Gasteiger charge is -2.18. The number of pyridine rings is 2. The van der Waals surface area contributed by atoms with Crippen LogP contribution in [0.25, 0.3) is 32.4 Å². The average molecular weight is 376 g/mol. The highest BCUT2D eigenvalue weighted by atomic mass is 32.2. The summed E-state index contributed by atoms with van der Waals surface area (Å²) in [7, 11) is 0. The number of fused-ring (bicyclic) bond motifs is 2. The molecule has 0 aliphatic carbocycles. The smallest absolute Gasteiger partial charge is 0.177 e. The zero-order chi connectivity index (χ0) is 17.7. The van der Waals surface area contributed by atoms with Gasteiger partial charge < -0.3 is 10.2 Å². The molecule has 0 spiro atoms. The van der Waals surface area contributed by atoms with Gasteiger partial charge in [-0.1, -0.05) is 6.08 Å². The van der Waals surface area contributed by atoms with E-state index in [1.807, 2.05) is 29.8 Å². The second kappa shape index (κ2) is 5.59. The number of nitrogens with two attached hydrogens (primary N) is 1. The first-order valence-corrected chi connectivity index (χ1v) is 9.85. The zero-order valence-electron chi connectivity index (χ0n) is 13.5. The molecule has 7 heteroatoms. The number of nitrogens with zero attached hydrogens (tertiary/aromatic N) is 3. The Morgan fingerprint density at radius 3 is 3.04 bits per heavy atom. The Bertz CT molecular complexity index is 1230. The van der Waals surface area contributed by atoms with E-state index in [9.17, 15) is 5.26 Å². The van der Waals surface area contributed by atoms with Gasteiger partial charge in [-0.15, -0.1) is 23.1 Å². The standard InChI is InChI=1S/C19H12N4OS2/c20-9-19(2-4-25-10-19)14-6-23-18(21)17-12(14)5-15(24-17)13-8-26-16-7-22-3-1-11(13)16/h1-8H,10H2,(H2,21,23). The molecule has 2 N–H and O–H groups in total. The predicted octanol–water partition coefficient (Wildman–Crippen LogP) is 4.71. The zero-order valence-corrected chi connectivity index (χ0v) is 15.1. The van der Waals surface area contributed by atoms with Gasteiger partial charge in [0.2, 0.25) is 0 Å². The fourth-order valence-electron chi connectivity index (χ4n) is 3.29. The van der Waals surface area contributed by atoms with E-state index in [1.165, 1.54) is 0 Å². The number of nitriles is 1. The summed E-state index contributed by atoms with van der Waals surface area (Å²) < 4.78 is 7.19. The van der Waals surface area contributed by atoms with E-state index in [2.05, 4.69) is 21.4 Å². The molecule has 1 unspecified atom stereocenters. The third-order valence-corrected chi connectivity index (χ3v) is 6.55. The van der Waals surface area contributed by atoms with Gasteiger partial charge in [0.15, 0.2) is 11.4 Å². The Hall–Kier alpha value is -2.82. The van der Waals surface area contributed by atoms with Crippen molar-refractivity contribution in [2.24, 2.45) is 0 Å². The number of hydrogen-bond donors (Lipinski definition) is 1. The van der Waals surface area contributed by atoms with Crippen molar-refractivity contribution in [2.45, 2.75) is 5.41 Å². The molecule has 1 atom stereocenters. The number of thioether (sulfide) groups is 1. The van der Waals surface area contributed by atoms with E-state index < -0.39 is 5.41 Å². The summed E-state index contributed by atoms with van der Waals surface area (Å²) in [6.45, 7) is 0. The number of nitrogen functional groups attached to an aromatic ring is 1. The molecule has 1 aliphatic rings. The van der Waals surface area contributed by atoms with Gasteiger partial charge in [-0.3, -0.25) is 4.98 Å². The number of furan rings is 1. The number of hydrogen-bond acceptors (Lipinski definition) is 7. The minimum atomic E-state index is -0.703. The lowest BCUT2D eigenvalue weighted by molar-refractivity contribution is 0.631. The number of thiophene rings is 1. The van der Waals surface area contributed by atoms with E-state index in [0.717, 1.165) is 32.4 Å². The Balaban J connectivity index is 1.78. The van der Waals surface area contributed by atoms with Crippen molar-refractivity contribution < 1.29 is 4.42 Å². The van der Waals surface area contributed by atoms with Crippen molar-refractivity contribution in [2.75, 3.05) is 11.5 Å². The van der Waals surface area contributed by atoms with Crippen molar-refractivity contribution in [3.05, 3.63) is 53.2 Å². The monoisotopic (exact) mass is 376 g/mol. The topological polar surface area (TPSA) is 88.7 Å². The molecule has 0 amide bonds. The van der Waals surface area contributed by atoms with Gasteiger partial charge in [0.1, 0.15) is 11.2 Å². The molecule has 0 radical (unpaired) electrons. The van der Waals surface area contributed by atoms with E-state index in [-0.39, 0.29) is 0 Å². The fraction of sp³-hybridized carbons (Fsp3) is 0.105. The molecule has 1 aliphatic heterocycles. The molecule has 0 aromatic carbocycles. The minimum Gasteiger partial charge on any atom is -0.452 e. The van der Waals surface area contributed by atoms with Crippen molar-refractivity contribution in [1.29, 1.82) is 5.26 Å². The van der Waals surface area contributed by atoms with Crippen molar-refractivity contribution in [3.8, 4) is 17.4 Å². The molecule has 0 saturated heterocycles.